The van der Waals surface area contributed by atoms with Crippen molar-refractivity contribution < 1.29 is 14.0 Å². The van der Waals surface area contributed by atoms with E-state index in [1.54, 1.807) is 6.92 Å². The molecule has 6 nitrogen and oxygen atoms in total. The van der Waals surface area contributed by atoms with Gasteiger partial charge in [0.05, 0.1) is 11.3 Å². The molecule has 1 fully saturated rings. The Morgan fingerprint density at radius 2 is 1.87 bits per heavy atom. The van der Waals surface area contributed by atoms with Gasteiger partial charge in [0, 0.05) is 64.0 Å². The molecule has 0 saturated carbocycles. The zero-order valence-corrected chi connectivity index (χ0v) is 18.0. The Morgan fingerprint density at radius 3 is 2.55 bits per heavy atom. The summed E-state index contributed by atoms with van der Waals surface area (Å²) in [5.41, 5.74) is 3.91. The van der Waals surface area contributed by atoms with Gasteiger partial charge in [-0.2, -0.15) is 0 Å². The van der Waals surface area contributed by atoms with Crippen molar-refractivity contribution in [3.8, 4) is 0 Å². The van der Waals surface area contributed by atoms with E-state index in [0.717, 1.165) is 61.5 Å². The van der Waals surface area contributed by atoms with Crippen molar-refractivity contribution >= 4 is 23.5 Å². The lowest BCUT2D eigenvalue weighted by atomic mass is 9.92. The van der Waals surface area contributed by atoms with Crippen LogP contribution in [0.3, 0.4) is 0 Å². The highest BCUT2D eigenvalue weighted by Gasteiger charge is 2.22. The number of carbonyl (C=O) groups excluding carboxylic acids is 2. The lowest BCUT2D eigenvalue weighted by Crippen LogP contribution is -2.46. The lowest BCUT2D eigenvalue weighted by molar-refractivity contribution is -0.115. The van der Waals surface area contributed by atoms with Crippen molar-refractivity contribution in [2.24, 2.45) is 0 Å². The first-order valence-corrected chi connectivity index (χ1v) is 10.9. The largest absolute Gasteiger partial charge is 0.354 e. The first kappa shape index (κ1) is 21.3. The Morgan fingerprint density at radius 1 is 1.10 bits per heavy atom. The molecule has 0 atom stereocenters. The summed E-state index contributed by atoms with van der Waals surface area (Å²) >= 11 is 0. The summed E-state index contributed by atoms with van der Waals surface area (Å²) in [5, 5.41) is 0. The monoisotopic (exact) mass is 422 g/mol. The summed E-state index contributed by atoms with van der Waals surface area (Å²) in [6.07, 6.45) is 6.58. The number of pyridine rings is 2. The predicted octanol–water partition coefficient (Wildman–Crippen LogP) is 3.45. The average Bonchev–Trinajstić information content (AvgIpc) is 2.78. The summed E-state index contributed by atoms with van der Waals surface area (Å²) in [6.45, 7) is 7.55. The zero-order chi connectivity index (χ0) is 22.0. The number of nitrogens with zero attached hydrogens (tertiary/aromatic N) is 4. The number of carbonyl (C=O) groups is 2. The minimum absolute atomic E-state index is 0.0594. The van der Waals surface area contributed by atoms with Crippen LogP contribution in [-0.4, -0.2) is 52.6 Å². The normalized spacial score (nSPS) is 16.8. The molecule has 4 rings (SSSR count). The number of Topliss-reactive ketones (excluding diaryl/α,β-unsaturated/α-hetero) is 2. The molecule has 0 aromatic carbocycles. The molecule has 1 aliphatic heterocycles. The van der Waals surface area contributed by atoms with Crippen LogP contribution in [0.1, 0.15) is 53.9 Å². The smallest absolute Gasteiger partial charge is 0.167 e. The number of allylic oxidation sites excluding steroid dienone is 1. The van der Waals surface area contributed by atoms with Gasteiger partial charge in [0.15, 0.2) is 11.6 Å². The number of hydrogen-bond acceptors (Lipinski definition) is 6. The molecule has 31 heavy (non-hydrogen) atoms. The second-order valence-electron chi connectivity index (χ2n) is 8.07. The maximum absolute atomic E-state index is 14.3. The van der Waals surface area contributed by atoms with Gasteiger partial charge < -0.3 is 4.90 Å². The van der Waals surface area contributed by atoms with E-state index in [-0.39, 0.29) is 23.6 Å². The summed E-state index contributed by atoms with van der Waals surface area (Å²) in [6, 6.07) is 3.46. The minimum atomic E-state index is -0.505. The summed E-state index contributed by atoms with van der Waals surface area (Å²) < 4.78 is 14.3. The van der Waals surface area contributed by atoms with E-state index in [1.165, 1.54) is 12.3 Å². The molecule has 0 spiro atoms. The maximum atomic E-state index is 14.3. The van der Waals surface area contributed by atoms with E-state index in [2.05, 4.69) is 20.9 Å². The number of aromatic nitrogens is 2. The Hall–Kier alpha value is -2.93. The van der Waals surface area contributed by atoms with Crippen LogP contribution in [0.2, 0.25) is 0 Å². The van der Waals surface area contributed by atoms with Crippen molar-refractivity contribution in [1.29, 1.82) is 0 Å². The molecule has 2 aromatic rings. The van der Waals surface area contributed by atoms with Crippen LogP contribution < -0.4 is 4.90 Å². The molecule has 7 heteroatoms. The topological polar surface area (TPSA) is 66.4 Å². The van der Waals surface area contributed by atoms with Crippen molar-refractivity contribution in [2.75, 3.05) is 31.1 Å². The Kier molecular flexibility index (Phi) is 6.23. The molecular weight excluding hydrogens is 395 g/mol. The Bertz CT molecular complexity index is 1040. The molecule has 0 amide bonds. The van der Waals surface area contributed by atoms with Crippen molar-refractivity contribution in [3.63, 3.8) is 0 Å². The number of rotatable bonds is 6. The molecule has 2 aromatic heterocycles. The van der Waals surface area contributed by atoms with Crippen LogP contribution in [0.4, 0.5) is 10.2 Å². The van der Waals surface area contributed by atoms with Gasteiger partial charge in [-0.15, -0.1) is 0 Å². The van der Waals surface area contributed by atoms with Gasteiger partial charge in [0.25, 0.3) is 0 Å². The van der Waals surface area contributed by atoms with Crippen LogP contribution >= 0.6 is 0 Å². The fourth-order valence-corrected chi connectivity index (χ4v) is 4.14. The molecule has 1 saturated heterocycles. The Labute approximate surface area is 181 Å². The highest BCUT2D eigenvalue weighted by molar-refractivity contribution is 6.03. The van der Waals surface area contributed by atoms with Gasteiger partial charge in [0.2, 0.25) is 0 Å². The summed E-state index contributed by atoms with van der Waals surface area (Å²) in [5.74, 6) is 0.0172. The first-order chi connectivity index (χ1) is 15.0. The summed E-state index contributed by atoms with van der Waals surface area (Å²) in [4.78, 5) is 37.2. The SMILES string of the molecule is CCC(=O)c1cnc(N2CCN(Cc3cnc4c(c3)CC(=O)C(CC)=C4)CC2)cc1F. The molecular formula is C24H27FN4O2. The fourth-order valence-electron chi connectivity index (χ4n) is 4.14. The van der Waals surface area contributed by atoms with Crippen LogP contribution in [0.15, 0.2) is 30.1 Å². The second kappa shape index (κ2) is 9.06. The lowest BCUT2D eigenvalue weighted by Gasteiger charge is -2.35. The number of anilines is 1. The van der Waals surface area contributed by atoms with E-state index in [4.69, 9.17) is 0 Å². The van der Waals surface area contributed by atoms with Gasteiger partial charge in [-0.1, -0.05) is 19.9 Å². The van der Waals surface area contributed by atoms with E-state index < -0.39 is 5.82 Å². The van der Waals surface area contributed by atoms with Gasteiger partial charge in [-0.3, -0.25) is 19.5 Å². The van der Waals surface area contributed by atoms with Gasteiger partial charge in [-0.05, 0) is 29.2 Å². The number of hydrogen-bond donors (Lipinski definition) is 0. The number of halogens is 1. The van der Waals surface area contributed by atoms with E-state index in [9.17, 15) is 14.0 Å². The zero-order valence-electron chi connectivity index (χ0n) is 18.0. The number of piperazine rings is 1. The molecule has 0 N–H and O–H groups in total. The quantitative estimate of drug-likeness (QED) is 0.665. The Balaban J connectivity index is 1.37. The van der Waals surface area contributed by atoms with Crippen LogP contribution in [0.5, 0.6) is 0 Å². The third-order valence-corrected chi connectivity index (χ3v) is 6.02. The van der Waals surface area contributed by atoms with E-state index in [1.807, 2.05) is 24.1 Å². The standard InChI is InChI=1S/C24H27FN4O2/c1-3-17-10-21-18(11-23(17)31)9-16(13-26-21)15-28-5-7-29(8-6-28)24-12-20(25)19(14-27-24)22(30)4-2/h9-10,12-14H,3-8,11,15H2,1-2H3. The van der Waals surface area contributed by atoms with E-state index >= 15 is 0 Å². The first-order valence-electron chi connectivity index (χ1n) is 10.9. The van der Waals surface area contributed by atoms with Gasteiger partial charge in [-0.25, -0.2) is 9.37 Å². The highest BCUT2D eigenvalue weighted by Crippen LogP contribution is 2.24. The number of fused-ring (bicyclic) bond motifs is 1. The molecule has 0 bridgehead atoms. The maximum Gasteiger partial charge on any atom is 0.167 e. The second-order valence-corrected chi connectivity index (χ2v) is 8.07. The van der Waals surface area contributed by atoms with Gasteiger partial charge >= 0.3 is 0 Å². The van der Waals surface area contributed by atoms with E-state index in [0.29, 0.717) is 12.2 Å². The molecule has 2 aliphatic rings. The highest BCUT2D eigenvalue weighted by atomic mass is 19.1. The van der Waals surface area contributed by atoms with Crippen molar-refractivity contribution in [3.05, 3.63) is 58.3 Å². The molecule has 0 unspecified atom stereocenters. The van der Waals surface area contributed by atoms with Crippen molar-refractivity contribution in [2.45, 2.75) is 39.7 Å². The average molecular weight is 423 g/mol. The third kappa shape index (κ3) is 4.56. The molecule has 1 aliphatic carbocycles. The number of ketones is 2. The van der Waals surface area contributed by atoms with Gasteiger partial charge in [0.1, 0.15) is 11.6 Å². The minimum Gasteiger partial charge on any atom is -0.354 e. The van der Waals surface area contributed by atoms with Crippen molar-refractivity contribution in [1.82, 2.24) is 14.9 Å². The van der Waals surface area contributed by atoms with Crippen LogP contribution in [0.25, 0.3) is 6.08 Å². The molecule has 3 heterocycles. The van der Waals surface area contributed by atoms with Crippen LogP contribution in [0, 0.1) is 5.82 Å². The molecule has 162 valence electrons. The third-order valence-electron chi connectivity index (χ3n) is 6.02. The predicted molar refractivity (Wildman–Crippen MR) is 118 cm³/mol. The molecule has 0 radical (unpaired) electrons. The fraction of sp³-hybridized carbons (Fsp3) is 0.417. The summed E-state index contributed by atoms with van der Waals surface area (Å²) in [7, 11) is 0. The van der Waals surface area contributed by atoms with Crippen LogP contribution in [-0.2, 0) is 17.8 Å².